The molecular formula is C15H20Br2O. The zero-order chi connectivity index (χ0) is 13.6. The molecule has 1 saturated carbocycles. The largest absolute Gasteiger partial charge is 0.392 e. The Labute approximate surface area is 126 Å². The van der Waals surface area contributed by atoms with Gasteiger partial charge in [-0.15, -0.1) is 0 Å². The van der Waals surface area contributed by atoms with Crippen LogP contribution in [0.2, 0.25) is 0 Å². The van der Waals surface area contributed by atoms with Crippen LogP contribution in [0.1, 0.15) is 33.1 Å². The van der Waals surface area contributed by atoms with E-state index in [1.54, 1.807) is 0 Å². The Bertz CT molecular complexity index is 422. The van der Waals surface area contributed by atoms with Crippen LogP contribution in [0.25, 0.3) is 0 Å². The van der Waals surface area contributed by atoms with Crippen molar-refractivity contribution in [3.8, 4) is 0 Å². The highest BCUT2D eigenvalue weighted by atomic mass is 79.9. The van der Waals surface area contributed by atoms with E-state index >= 15 is 0 Å². The lowest BCUT2D eigenvalue weighted by Crippen LogP contribution is -2.53. The summed E-state index contributed by atoms with van der Waals surface area (Å²) in [5.41, 5.74) is 2.46. The molecule has 0 unspecified atom stereocenters. The molecule has 2 aliphatic carbocycles. The Morgan fingerprint density at radius 3 is 2.67 bits per heavy atom. The molecule has 0 aromatic carbocycles. The lowest BCUT2D eigenvalue weighted by Gasteiger charge is -2.55. The molecule has 0 aliphatic heterocycles. The number of allylic oxidation sites excluding steroid dienone is 3. The van der Waals surface area contributed by atoms with Gasteiger partial charge in [0.15, 0.2) is 0 Å². The zero-order valence-electron chi connectivity index (χ0n) is 10.9. The van der Waals surface area contributed by atoms with Crippen molar-refractivity contribution in [1.29, 1.82) is 0 Å². The summed E-state index contributed by atoms with van der Waals surface area (Å²) in [6, 6.07) is 0. The van der Waals surface area contributed by atoms with E-state index in [1.165, 1.54) is 11.1 Å². The van der Waals surface area contributed by atoms with E-state index in [4.69, 9.17) is 0 Å². The van der Waals surface area contributed by atoms with Gasteiger partial charge in [0.05, 0.1) is 6.10 Å². The van der Waals surface area contributed by atoms with Gasteiger partial charge in [-0.2, -0.15) is 0 Å². The van der Waals surface area contributed by atoms with Crippen molar-refractivity contribution < 1.29 is 5.11 Å². The standard InChI is InChI=1S/C15H20Br2O/c1-10-8-12(18)13(17)14(2,3)15(10)6-4-11(9-16)5-7-15/h4,6,9,12-13,18H,1,5,7-8H2,2-3H3/t12-,13-,15-/m1/s1. The normalized spacial score (nSPS) is 41.6. The number of alkyl halides is 1. The second-order valence-electron chi connectivity index (χ2n) is 5.99. The van der Waals surface area contributed by atoms with E-state index < -0.39 is 0 Å². The van der Waals surface area contributed by atoms with Crippen molar-refractivity contribution >= 4 is 31.9 Å². The van der Waals surface area contributed by atoms with Crippen LogP contribution >= 0.6 is 31.9 Å². The quantitative estimate of drug-likeness (QED) is 0.480. The van der Waals surface area contributed by atoms with Crippen molar-refractivity contribution in [2.45, 2.75) is 44.0 Å². The summed E-state index contributed by atoms with van der Waals surface area (Å²) in [5.74, 6) is 0. The van der Waals surface area contributed by atoms with Gasteiger partial charge in [0.1, 0.15) is 0 Å². The summed E-state index contributed by atoms with van der Waals surface area (Å²) in [4.78, 5) is 2.10. The van der Waals surface area contributed by atoms with Crippen LogP contribution in [-0.4, -0.2) is 16.0 Å². The monoisotopic (exact) mass is 374 g/mol. The topological polar surface area (TPSA) is 20.2 Å². The van der Waals surface area contributed by atoms with Crippen molar-refractivity contribution in [3.63, 3.8) is 0 Å². The molecule has 18 heavy (non-hydrogen) atoms. The first-order valence-corrected chi connectivity index (χ1v) is 8.17. The molecule has 1 N–H and O–H groups in total. The second-order valence-corrected chi connectivity index (χ2v) is 7.43. The molecule has 0 radical (unpaired) electrons. The number of aliphatic hydroxyl groups excluding tert-OH is 1. The summed E-state index contributed by atoms with van der Waals surface area (Å²) < 4.78 is 0. The van der Waals surface area contributed by atoms with Crippen molar-refractivity contribution in [3.05, 3.63) is 34.9 Å². The highest BCUT2D eigenvalue weighted by Gasteiger charge is 2.54. The minimum Gasteiger partial charge on any atom is -0.392 e. The number of hydrogen-bond donors (Lipinski definition) is 1. The average molecular weight is 376 g/mol. The van der Waals surface area contributed by atoms with Crippen LogP contribution in [0.5, 0.6) is 0 Å². The first-order chi connectivity index (χ1) is 8.35. The molecule has 1 nitrogen and oxygen atoms in total. The maximum atomic E-state index is 10.1. The smallest absolute Gasteiger partial charge is 0.0708 e. The lowest BCUT2D eigenvalue weighted by molar-refractivity contribution is 0.0288. The average Bonchev–Trinajstić information content (AvgIpc) is 2.35. The summed E-state index contributed by atoms with van der Waals surface area (Å²) >= 11 is 7.10. The predicted molar refractivity (Wildman–Crippen MR) is 84.1 cm³/mol. The fourth-order valence-electron chi connectivity index (χ4n) is 3.40. The molecule has 3 heteroatoms. The molecule has 1 fully saturated rings. The molecule has 2 aliphatic rings. The maximum absolute atomic E-state index is 10.1. The minimum atomic E-state index is -0.334. The van der Waals surface area contributed by atoms with Gasteiger partial charge in [-0.25, -0.2) is 0 Å². The van der Waals surface area contributed by atoms with E-state index in [2.05, 4.69) is 64.4 Å². The van der Waals surface area contributed by atoms with E-state index in [-0.39, 0.29) is 21.8 Å². The molecule has 0 aromatic rings. The van der Waals surface area contributed by atoms with Crippen molar-refractivity contribution in [2.75, 3.05) is 0 Å². The fourth-order valence-corrected chi connectivity index (χ4v) is 4.38. The van der Waals surface area contributed by atoms with Crippen LogP contribution < -0.4 is 0 Å². The van der Waals surface area contributed by atoms with Gasteiger partial charge in [0, 0.05) is 10.2 Å². The van der Waals surface area contributed by atoms with E-state index in [0.717, 1.165) is 12.8 Å². The van der Waals surface area contributed by atoms with Crippen molar-refractivity contribution in [2.24, 2.45) is 10.8 Å². The molecule has 2 rings (SSSR count). The van der Waals surface area contributed by atoms with E-state index in [0.29, 0.717) is 6.42 Å². The van der Waals surface area contributed by atoms with Gasteiger partial charge >= 0.3 is 0 Å². The third kappa shape index (κ3) is 1.99. The Kier molecular flexibility index (Phi) is 3.97. The number of hydrogen-bond acceptors (Lipinski definition) is 1. The van der Waals surface area contributed by atoms with Crippen molar-refractivity contribution in [1.82, 2.24) is 0 Å². The number of halogens is 2. The van der Waals surface area contributed by atoms with Crippen LogP contribution in [0.4, 0.5) is 0 Å². The van der Waals surface area contributed by atoms with Crippen LogP contribution in [0.15, 0.2) is 34.9 Å². The second kappa shape index (κ2) is 4.92. The third-order valence-electron chi connectivity index (χ3n) is 4.79. The Morgan fingerprint density at radius 2 is 2.17 bits per heavy atom. The molecule has 100 valence electrons. The Balaban J connectivity index is 2.45. The molecular weight excluding hydrogens is 356 g/mol. The third-order valence-corrected chi connectivity index (χ3v) is 7.14. The van der Waals surface area contributed by atoms with Gasteiger partial charge in [-0.1, -0.05) is 70.0 Å². The van der Waals surface area contributed by atoms with Crippen LogP contribution in [0, 0.1) is 10.8 Å². The highest BCUT2D eigenvalue weighted by Crippen LogP contribution is 2.60. The minimum absolute atomic E-state index is 0.0000926. The molecule has 1 spiro atoms. The molecule has 0 bridgehead atoms. The van der Waals surface area contributed by atoms with Gasteiger partial charge in [0.2, 0.25) is 0 Å². The van der Waals surface area contributed by atoms with Gasteiger partial charge in [0.25, 0.3) is 0 Å². The Hall–Kier alpha value is 0.140. The molecule has 0 amide bonds. The molecule has 3 atom stereocenters. The highest BCUT2D eigenvalue weighted by molar-refractivity contribution is 9.11. The summed E-state index contributed by atoms with van der Waals surface area (Å²) in [5, 5.41) is 10.1. The summed E-state index contributed by atoms with van der Waals surface area (Å²) in [6.07, 6.45) is 6.98. The predicted octanol–water partition coefficient (Wildman–Crippen LogP) is 4.71. The van der Waals surface area contributed by atoms with Crippen LogP contribution in [-0.2, 0) is 0 Å². The fraction of sp³-hybridized carbons (Fsp3) is 0.600. The Morgan fingerprint density at radius 1 is 1.50 bits per heavy atom. The maximum Gasteiger partial charge on any atom is 0.0708 e. The summed E-state index contributed by atoms with van der Waals surface area (Å²) in [7, 11) is 0. The van der Waals surface area contributed by atoms with E-state index in [9.17, 15) is 5.11 Å². The van der Waals surface area contributed by atoms with Gasteiger partial charge < -0.3 is 5.11 Å². The number of rotatable bonds is 0. The van der Waals surface area contributed by atoms with Gasteiger partial charge in [-0.3, -0.25) is 0 Å². The first-order valence-electron chi connectivity index (χ1n) is 6.34. The van der Waals surface area contributed by atoms with E-state index in [1.807, 2.05) is 4.99 Å². The molecule has 0 aromatic heterocycles. The lowest BCUT2D eigenvalue weighted by atomic mass is 9.52. The first kappa shape index (κ1) is 14.5. The van der Waals surface area contributed by atoms with Gasteiger partial charge in [-0.05, 0) is 35.2 Å². The molecule has 0 saturated heterocycles. The SMILES string of the molecule is C=C1C[C@@H](O)[C@@H](Br)C(C)(C)[C@@]12C=CC(=CBr)CC2. The van der Waals surface area contributed by atoms with Crippen LogP contribution in [0.3, 0.4) is 0 Å². The number of aliphatic hydroxyl groups is 1. The zero-order valence-corrected chi connectivity index (χ0v) is 14.1. The summed E-state index contributed by atoms with van der Waals surface area (Å²) in [6.45, 7) is 8.72. The molecule has 0 heterocycles.